The molecular formula is C36H37N2O2+. The van der Waals surface area contributed by atoms with Crippen LogP contribution in [0.4, 0.5) is 0 Å². The third-order valence-corrected chi connectivity index (χ3v) is 9.44. The van der Waals surface area contributed by atoms with Crippen molar-refractivity contribution >= 4 is 17.1 Å². The molecule has 202 valence electrons. The summed E-state index contributed by atoms with van der Waals surface area (Å²) in [6, 6.07) is 23.2. The molecule has 1 saturated carbocycles. The Bertz CT molecular complexity index is 1630. The van der Waals surface area contributed by atoms with Crippen LogP contribution >= 0.6 is 0 Å². The van der Waals surface area contributed by atoms with E-state index in [4.69, 9.17) is 0 Å². The summed E-state index contributed by atoms with van der Waals surface area (Å²) in [5.74, 6) is 1.06. The minimum atomic E-state index is -0.0212. The number of benzene rings is 2. The van der Waals surface area contributed by atoms with Crippen LogP contribution in [0.1, 0.15) is 67.1 Å². The van der Waals surface area contributed by atoms with Crippen molar-refractivity contribution in [3.05, 3.63) is 123 Å². The van der Waals surface area contributed by atoms with Crippen LogP contribution in [0.2, 0.25) is 0 Å². The first-order chi connectivity index (χ1) is 19.5. The van der Waals surface area contributed by atoms with Crippen molar-refractivity contribution in [3.8, 4) is 0 Å². The molecule has 0 amide bonds. The maximum atomic E-state index is 14.0. The van der Waals surface area contributed by atoms with E-state index in [0.29, 0.717) is 23.0 Å². The number of fused-ring (bicyclic) bond motifs is 2. The smallest absolute Gasteiger partial charge is 0.221 e. The second-order valence-corrected chi connectivity index (χ2v) is 12.0. The first-order valence-corrected chi connectivity index (χ1v) is 14.9. The molecule has 4 heteroatoms. The highest BCUT2D eigenvalue weighted by atomic mass is 16.3. The van der Waals surface area contributed by atoms with Crippen LogP contribution in [0.3, 0.4) is 0 Å². The molecule has 4 nitrogen and oxygen atoms in total. The van der Waals surface area contributed by atoms with Crippen LogP contribution in [0.25, 0.3) is 5.57 Å². The average Bonchev–Trinajstić information content (AvgIpc) is 3.71. The quantitative estimate of drug-likeness (QED) is 0.266. The first kappa shape index (κ1) is 25.1. The van der Waals surface area contributed by atoms with Gasteiger partial charge in [-0.1, -0.05) is 74.5 Å². The van der Waals surface area contributed by atoms with Gasteiger partial charge in [0.05, 0.1) is 11.3 Å². The minimum Gasteiger partial charge on any atom is -0.506 e. The fourth-order valence-electron chi connectivity index (χ4n) is 7.37. The first-order valence-electron chi connectivity index (χ1n) is 14.9. The maximum Gasteiger partial charge on any atom is 0.221 e. The summed E-state index contributed by atoms with van der Waals surface area (Å²) < 4.78 is 4.66. The molecule has 40 heavy (non-hydrogen) atoms. The number of ketones is 1. The van der Waals surface area contributed by atoms with Crippen LogP contribution < -0.4 is 0 Å². The zero-order valence-electron chi connectivity index (χ0n) is 23.5. The molecule has 1 aliphatic heterocycles. The second kappa shape index (κ2) is 9.92. The second-order valence-electron chi connectivity index (χ2n) is 12.0. The van der Waals surface area contributed by atoms with E-state index >= 15 is 0 Å². The predicted molar refractivity (Wildman–Crippen MR) is 160 cm³/mol. The molecule has 0 spiro atoms. The molecule has 0 radical (unpaired) electrons. The fourth-order valence-corrected chi connectivity index (χ4v) is 7.37. The number of hydrogen-bond acceptors (Lipinski definition) is 2. The molecule has 2 heterocycles. The topological polar surface area (TPSA) is 45.2 Å². The highest BCUT2D eigenvalue weighted by molar-refractivity contribution is 6.39. The summed E-state index contributed by atoms with van der Waals surface area (Å²) in [5, 5.41) is 11.6. The third kappa shape index (κ3) is 4.04. The predicted octanol–water partition coefficient (Wildman–Crippen LogP) is 6.95. The number of aliphatic hydroxyl groups excluding tert-OH is 1. The molecule has 3 aliphatic carbocycles. The lowest BCUT2D eigenvalue weighted by Crippen LogP contribution is -2.29. The average molecular weight is 530 g/mol. The highest BCUT2D eigenvalue weighted by Gasteiger charge is 2.47. The van der Waals surface area contributed by atoms with E-state index in [9.17, 15) is 9.90 Å². The molecule has 2 unspecified atom stereocenters. The summed E-state index contributed by atoms with van der Waals surface area (Å²) in [4.78, 5) is 14.0. The van der Waals surface area contributed by atoms with Gasteiger partial charge in [0.25, 0.3) is 0 Å². The number of hydrogen-bond donors (Lipinski definition) is 1. The van der Waals surface area contributed by atoms with E-state index in [1.165, 1.54) is 33.7 Å². The molecule has 2 aromatic carbocycles. The fraction of sp³-hybridized carbons (Fsp3) is 0.333. The number of aliphatic hydroxyl groups is 1. The van der Waals surface area contributed by atoms with Gasteiger partial charge in [-0.05, 0) is 60.8 Å². The Morgan fingerprint density at radius 3 is 2.25 bits per heavy atom. The Balaban J connectivity index is 1.27. The SMILES string of the molecule is CC1CCC2=C/C(=C3/C(=O)C(c4cc5c(n4CCc4ccccc4)C(C)CC5)=C3O)[N+](CCc3ccccc3)=C21. The number of aromatic nitrogens is 1. The summed E-state index contributed by atoms with van der Waals surface area (Å²) in [6.45, 7) is 6.17. The number of carbonyl (C=O) groups excluding carboxylic acids is 1. The molecule has 7 rings (SSSR count). The Morgan fingerprint density at radius 2 is 1.55 bits per heavy atom. The molecule has 3 aromatic rings. The maximum absolute atomic E-state index is 14.0. The van der Waals surface area contributed by atoms with Gasteiger partial charge in [0.15, 0.2) is 12.3 Å². The zero-order valence-corrected chi connectivity index (χ0v) is 23.5. The van der Waals surface area contributed by atoms with E-state index in [-0.39, 0.29) is 11.5 Å². The van der Waals surface area contributed by atoms with Gasteiger partial charge in [-0.15, -0.1) is 0 Å². The van der Waals surface area contributed by atoms with Gasteiger partial charge < -0.3 is 9.67 Å². The van der Waals surface area contributed by atoms with Gasteiger partial charge in [-0.2, -0.15) is 4.58 Å². The van der Waals surface area contributed by atoms with Crippen molar-refractivity contribution < 1.29 is 14.5 Å². The van der Waals surface area contributed by atoms with E-state index in [0.717, 1.165) is 63.0 Å². The molecule has 1 N–H and O–H groups in total. The van der Waals surface area contributed by atoms with Gasteiger partial charge >= 0.3 is 0 Å². The summed E-state index contributed by atoms with van der Waals surface area (Å²) in [5.41, 5.74) is 10.7. The number of allylic oxidation sites excluding steroid dienone is 4. The van der Waals surface area contributed by atoms with Crippen LogP contribution in [-0.4, -0.2) is 32.3 Å². The zero-order chi connectivity index (χ0) is 27.4. The molecule has 1 aromatic heterocycles. The molecule has 2 atom stereocenters. The van der Waals surface area contributed by atoms with Crippen molar-refractivity contribution in [1.29, 1.82) is 0 Å². The van der Waals surface area contributed by atoms with Gasteiger partial charge in [-0.3, -0.25) is 4.79 Å². The van der Waals surface area contributed by atoms with Crippen molar-refractivity contribution in [3.63, 3.8) is 0 Å². The third-order valence-electron chi connectivity index (χ3n) is 9.44. The summed E-state index contributed by atoms with van der Waals surface area (Å²) in [7, 11) is 0. The highest BCUT2D eigenvalue weighted by Crippen LogP contribution is 2.45. The number of rotatable bonds is 7. The standard InChI is InChI=1S/C36H36N2O2/c1-23-13-15-27-21-29(37(33(23)27)19-17-25-9-5-3-6-10-25)31-35(39)32(36(31)40)30-22-28-16-14-24(2)34(28)38(30)20-18-26-11-7-4-8-12-26/h3-12,21-24H,13-20H2,1-2H3/p+1. The molecule has 1 fully saturated rings. The monoisotopic (exact) mass is 529 g/mol. The van der Waals surface area contributed by atoms with Crippen LogP contribution in [0.5, 0.6) is 0 Å². The molecular weight excluding hydrogens is 492 g/mol. The van der Waals surface area contributed by atoms with Crippen LogP contribution in [0.15, 0.2) is 95.4 Å². The Labute approximate surface area is 236 Å². The Morgan fingerprint density at radius 1 is 0.875 bits per heavy atom. The van der Waals surface area contributed by atoms with Crippen molar-refractivity contribution in [2.24, 2.45) is 5.92 Å². The Kier molecular flexibility index (Phi) is 6.22. The van der Waals surface area contributed by atoms with E-state index in [1.807, 2.05) is 12.1 Å². The largest absolute Gasteiger partial charge is 0.506 e. The van der Waals surface area contributed by atoms with E-state index in [2.05, 4.69) is 83.7 Å². The molecule has 0 saturated heterocycles. The summed E-state index contributed by atoms with van der Waals surface area (Å²) >= 11 is 0. The lowest BCUT2D eigenvalue weighted by molar-refractivity contribution is -0.470. The lowest BCUT2D eigenvalue weighted by atomic mass is 9.84. The van der Waals surface area contributed by atoms with E-state index < -0.39 is 0 Å². The van der Waals surface area contributed by atoms with Crippen LogP contribution in [0, 0.1) is 5.92 Å². The number of aryl methyl sites for hydroxylation is 2. The minimum absolute atomic E-state index is 0.0212. The van der Waals surface area contributed by atoms with Gasteiger partial charge in [0.2, 0.25) is 11.5 Å². The van der Waals surface area contributed by atoms with Gasteiger partial charge in [0.1, 0.15) is 11.3 Å². The summed E-state index contributed by atoms with van der Waals surface area (Å²) in [6.07, 6.45) is 8.33. The normalized spacial score (nSPS) is 23.6. The number of carbonyl (C=O) groups is 1. The van der Waals surface area contributed by atoms with Crippen molar-refractivity contribution in [2.45, 2.75) is 64.8 Å². The molecule has 4 aliphatic rings. The van der Waals surface area contributed by atoms with Crippen molar-refractivity contribution in [1.82, 2.24) is 4.57 Å². The van der Waals surface area contributed by atoms with Gasteiger partial charge in [-0.25, -0.2) is 0 Å². The van der Waals surface area contributed by atoms with E-state index in [1.54, 1.807) is 0 Å². The lowest BCUT2D eigenvalue weighted by Gasteiger charge is -2.24. The number of nitrogens with zero attached hydrogens (tertiary/aromatic N) is 2. The van der Waals surface area contributed by atoms with Crippen molar-refractivity contribution in [2.75, 3.05) is 6.54 Å². The van der Waals surface area contributed by atoms with Crippen LogP contribution in [-0.2, 0) is 30.6 Å². The van der Waals surface area contributed by atoms with Gasteiger partial charge in [0, 0.05) is 36.2 Å². The Hall–Kier alpha value is -3.92. The number of Topliss-reactive ketones (excluding diaryl/α,β-unsaturated/α-hetero) is 1. The molecule has 0 bridgehead atoms.